The minimum Gasteiger partial charge on any atom is -0.395 e. The van der Waals surface area contributed by atoms with Crippen molar-refractivity contribution in [2.75, 3.05) is 57.6 Å². The SMILES string of the molecule is CN(C)CCCNc1cc(N(C)CCO)ncn1. The van der Waals surface area contributed by atoms with Gasteiger partial charge in [-0.2, -0.15) is 0 Å². The Kier molecular flexibility index (Phi) is 6.38. The summed E-state index contributed by atoms with van der Waals surface area (Å²) in [6.45, 7) is 2.62. The molecule has 0 spiro atoms. The molecular weight excluding hydrogens is 230 g/mol. The molecule has 0 amide bonds. The average Bonchev–Trinajstić information content (AvgIpc) is 2.35. The van der Waals surface area contributed by atoms with Gasteiger partial charge in [-0.1, -0.05) is 0 Å². The van der Waals surface area contributed by atoms with E-state index in [4.69, 9.17) is 5.11 Å². The van der Waals surface area contributed by atoms with Crippen LogP contribution in [-0.2, 0) is 0 Å². The summed E-state index contributed by atoms with van der Waals surface area (Å²) in [4.78, 5) is 12.4. The van der Waals surface area contributed by atoms with E-state index in [1.165, 1.54) is 6.33 Å². The molecule has 2 N–H and O–H groups in total. The molecule has 1 aromatic rings. The zero-order chi connectivity index (χ0) is 13.4. The lowest BCUT2D eigenvalue weighted by Crippen LogP contribution is -2.22. The molecule has 0 fully saturated rings. The van der Waals surface area contributed by atoms with Crippen LogP contribution < -0.4 is 10.2 Å². The standard InChI is InChI=1S/C12H23N5O/c1-16(2)6-4-5-13-11-9-12(15-10-14-11)17(3)7-8-18/h9-10,18H,4-8H2,1-3H3,(H,13,14,15). The van der Waals surface area contributed by atoms with Gasteiger partial charge in [-0.25, -0.2) is 9.97 Å². The number of nitrogens with one attached hydrogen (secondary N) is 1. The maximum Gasteiger partial charge on any atom is 0.133 e. The molecule has 0 aliphatic carbocycles. The van der Waals surface area contributed by atoms with E-state index in [9.17, 15) is 0 Å². The number of aromatic nitrogens is 2. The third kappa shape index (κ3) is 5.29. The molecule has 0 atom stereocenters. The maximum atomic E-state index is 8.89. The van der Waals surface area contributed by atoms with Gasteiger partial charge in [-0.15, -0.1) is 0 Å². The van der Waals surface area contributed by atoms with Crippen molar-refractivity contribution in [3.63, 3.8) is 0 Å². The highest BCUT2D eigenvalue weighted by molar-refractivity contribution is 5.47. The molecule has 1 heterocycles. The van der Waals surface area contributed by atoms with Crippen LogP contribution in [0.4, 0.5) is 11.6 Å². The predicted molar refractivity (Wildman–Crippen MR) is 74.0 cm³/mol. The Hall–Kier alpha value is -1.40. The molecule has 102 valence electrons. The monoisotopic (exact) mass is 253 g/mol. The Morgan fingerprint density at radius 3 is 2.67 bits per heavy atom. The van der Waals surface area contributed by atoms with Crippen LogP contribution in [-0.4, -0.2) is 67.4 Å². The molecule has 1 rings (SSSR count). The Balaban J connectivity index is 2.44. The first kappa shape index (κ1) is 14.7. The highest BCUT2D eigenvalue weighted by Gasteiger charge is 2.03. The summed E-state index contributed by atoms with van der Waals surface area (Å²) in [5.41, 5.74) is 0. The summed E-state index contributed by atoms with van der Waals surface area (Å²) in [6.07, 6.45) is 2.61. The molecular formula is C12H23N5O. The second kappa shape index (κ2) is 7.84. The van der Waals surface area contributed by atoms with Gasteiger partial charge >= 0.3 is 0 Å². The normalized spacial score (nSPS) is 10.7. The fraction of sp³-hybridized carbons (Fsp3) is 0.667. The van der Waals surface area contributed by atoms with Crippen molar-refractivity contribution in [3.05, 3.63) is 12.4 Å². The van der Waals surface area contributed by atoms with Gasteiger partial charge in [0.1, 0.15) is 18.0 Å². The largest absolute Gasteiger partial charge is 0.395 e. The van der Waals surface area contributed by atoms with E-state index in [0.29, 0.717) is 6.54 Å². The number of anilines is 2. The summed E-state index contributed by atoms with van der Waals surface area (Å²) in [7, 11) is 6.02. The van der Waals surface area contributed by atoms with Crippen LogP contribution in [0.5, 0.6) is 0 Å². The lowest BCUT2D eigenvalue weighted by atomic mass is 10.4. The van der Waals surface area contributed by atoms with Gasteiger partial charge in [-0.05, 0) is 27.1 Å². The summed E-state index contributed by atoms with van der Waals surface area (Å²) < 4.78 is 0. The second-order valence-corrected chi connectivity index (χ2v) is 4.49. The van der Waals surface area contributed by atoms with Crippen LogP contribution >= 0.6 is 0 Å². The number of aliphatic hydroxyl groups is 1. The van der Waals surface area contributed by atoms with E-state index in [2.05, 4.69) is 34.3 Å². The number of aliphatic hydroxyl groups excluding tert-OH is 1. The Bertz CT molecular complexity index is 345. The topological polar surface area (TPSA) is 64.5 Å². The molecule has 0 saturated heterocycles. The average molecular weight is 253 g/mol. The predicted octanol–water partition coefficient (Wildman–Crippen LogP) is 0.269. The third-order valence-corrected chi connectivity index (χ3v) is 2.57. The van der Waals surface area contributed by atoms with Crippen molar-refractivity contribution < 1.29 is 5.11 Å². The van der Waals surface area contributed by atoms with E-state index in [-0.39, 0.29) is 6.61 Å². The van der Waals surface area contributed by atoms with Crippen molar-refractivity contribution in [2.45, 2.75) is 6.42 Å². The number of nitrogens with zero attached hydrogens (tertiary/aromatic N) is 4. The number of likely N-dealkylation sites (N-methyl/N-ethyl adjacent to an activating group) is 1. The van der Waals surface area contributed by atoms with Gasteiger partial charge in [0.25, 0.3) is 0 Å². The first-order valence-corrected chi connectivity index (χ1v) is 6.16. The fourth-order valence-electron chi connectivity index (χ4n) is 1.53. The van der Waals surface area contributed by atoms with Crippen molar-refractivity contribution in [1.82, 2.24) is 14.9 Å². The van der Waals surface area contributed by atoms with Crippen LogP contribution in [0.1, 0.15) is 6.42 Å². The fourth-order valence-corrected chi connectivity index (χ4v) is 1.53. The maximum absolute atomic E-state index is 8.89. The van der Waals surface area contributed by atoms with E-state index in [1.807, 2.05) is 18.0 Å². The van der Waals surface area contributed by atoms with Gasteiger partial charge in [0.15, 0.2) is 0 Å². The summed E-state index contributed by atoms with van der Waals surface area (Å²) >= 11 is 0. The minimum absolute atomic E-state index is 0.117. The van der Waals surface area contributed by atoms with E-state index >= 15 is 0 Å². The molecule has 0 aliphatic rings. The molecule has 0 unspecified atom stereocenters. The molecule has 6 heteroatoms. The van der Waals surface area contributed by atoms with Gasteiger partial charge < -0.3 is 20.2 Å². The lowest BCUT2D eigenvalue weighted by molar-refractivity contribution is 0.304. The zero-order valence-corrected chi connectivity index (χ0v) is 11.4. The van der Waals surface area contributed by atoms with Crippen molar-refractivity contribution in [1.29, 1.82) is 0 Å². The third-order valence-electron chi connectivity index (χ3n) is 2.57. The molecule has 0 saturated carbocycles. The minimum atomic E-state index is 0.117. The quantitative estimate of drug-likeness (QED) is 0.648. The highest BCUT2D eigenvalue weighted by Crippen LogP contribution is 2.11. The van der Waals surface area contributed by atoms with Crippen LogP contribution in [0.15, 0.2) is 12.4 Å². The molecule has 18 heavy (non-hydrogen) atoms. The van der Waals surface area contributed by atoms with Crippen LogP contribution in [0, 0.1) is 0 Å². The smallest absolute Gasteiger partial charge is 0.133 e. The van der Waals surface area contributed by atoms with Gasteiger partial charge in [-0.3, -0.25) is 0 Å². The van der Waals surface area contributed by atoms with E-state index in [0.717, 1.165) is 31.1 Å². The molecule has 6 nitrogen and oxygen atoms in total. The molecule has 1 aromatic heterocycles. The van der Waals surface area contributed by atoms with Crippen molar-refractivity contribution in [2.24, 2.45) is 0 Å². The number of rotatable bonds is 8. The van der Waals surface area contributed by atoms with Crippen molar-refractivity contribution in [3.8, 4) is 0 Å². The second-order valence-electron chi connectivity index (χ2n) is 4.49. The zero-order valence-electron chi connectivity index (χ0n) is 11.4. The highest BCUT2D eigenvalue weighted by atomic mass is 16.3. The van der Waals surface area contributed by atoms with Crippen LogP contribution in [0.25, 0.3) is 0 Å². The summed E-state index contributed by atoms with van der Waals surface area (Å²) in [5.74, 6) is 1.64. The number of hydrogen-bond acceptors (Lipinski definition) is 6. The van der Waals surface area contributed by atoms with Crippen LogP contribution in [0.3, 0.4) is 0 Å². The molecule has 0 aromatic carbocycles. The Morgan fingerprint density at radius 1 is 1.22 bits per heavy atom. The first-order chi connectivity index (χ1) is 8.63. The van der Waals surface area contributed by atoms with Gasteiger partial charge in [0, 0.05) is 26.2 Å². The number of hydrogen-bond donors (Lipinski definition) is 2. The Labute approximate surface area is 109 Å². The molecule has 0 radical (unpaired) electrons. The van der Waals surface area contributed by atoms with Gasteiger partial charge in [0.05, 0.1) is 6.61 Å². The molecule has 0 aliphatic heterocycles. The van der Waals surface area contributed by atoms with Crippen molar-refractivity contribution >= 4 is 11.6 Å². The molecule has 0 bridgehead atoms. The van der Waals surface area contributed by atoms with Crippen LogP contribution in [0.2, 0.25) is 0 Å². The van der Waals surface area contributed by atoms with E-state index in [1.54, 1.807) is 0 Å². The van der Waals surface area contributed by atoms with Gasteiger partial charge in [0.2, 0.25) is 0 Å². The first-order valence-electron chi connectivity index (χ1n) is 6.16. The Morgan fingerprint density at radius 2 is 2.00 bits per heavy atom. The summed E-state index contributed by atoms with van der Waals surface area (Å²) in [5, 5.41) is 12.2. The van der Waals surface area contributed by atoms with E-state index < -0.39 is 0 Å². The lowest BCUT2D eigenvalue weighted by Gasteiger charge is -2.17. The summed E-state index contributed by atoms with van der Waals surface area (Å²) in [6, 6.07) is 1.89.